The molecule has 2 saturated carbocycles. The van der Waals surface area contributed by atoms with Gasteiger partial charge < -0.3 is 0 Å². The van der Waals surface area contributed by atoms with Gasteiger partial charge in [0.15, 0.2) is 0 Å². The third kappa shape index (κ3) is 5.98. The van der Waals surface area contributed by atoms with Crippen LogP contribution >= 0.6 is 0 Å². The Balaban J connectivity index is 2.35. The minimum Gasteiger partial charge on any atom is -0.190 e. The molecular formula is C28H52N2. The van der Waals surface area contributed by atoms with Crippen molar-refractivity contribution in [1.82, 2.24) is 0 Å². The monoisotopic (exact) mass is 416 g/mol. The predicted octanol–water partition coefficient (Wildman–Crippen LogP) is 8.68. The van der Waals surface area contributed by atoms with Crippen LogP contribution in [0.1, 0.15) is 94.4 Å². The highest BCUT2D eigenvalue weighted by molar-refractivity contribution is 4.98. The van der Waals surface area contributed by atoms with Gasteiger partial charge >= 0.3 is 0 Å². The summed E-state index contributed by atoms with van der Waals surface area (Å²) in [5, 5.41) is 10.6. The predicted molar refractivity (Wildman–Crippen MR) is 132 cm³/mol. The van der Waals surface area contributed by atoms with Crippen LogP contribution in [-0.4, -0.2) is 12.1 Å². The van der Waals surface area contributed by atoms with Gasteiger partial charge in [0.2, 0.25) is 0 Å². The minimum absolute atomic E-state index is 0.380. The van der Waals surface area contributed by atoms with Crippen molar-refractivity contribution in [3.8, 4) is 0 Å². The van der Waals surface area contributed by atoms with Crippen LogP contribution in [0.5, 0.6) is 0 Å². The van der Waals surface area contributed by atoms with E-state index in [1.165, 1.54) is 32.1 Å². The fraction of sp³-hybridized carbons (Fsp3) is 0.929. The summed E-state index contributed by atoms with van der Waals surface area (Å²) >= 11 is 0. The highest BCUT2D eigenvalue weighted by atomic mass is 15.2. The third-order valence-corrected chi connectivity index (χ3v) is 8.78. The van der Waals surface area contributed by atoms with Crippen LogP contribution in [0.2, 0.25) is 0 Å². The van der Waals surface area contributed by atoms with Crippen molar-refractivity contribution in [3.63, 3.8) is 0 Å². The van der Waals surface area contributed by atoms with E-state index in [2.05, 4.69) is 75.0 Å². The molecule has 0 spiro atoms. The first-order valence-electron chi connectivity index (χ1n) is 13.1. The Hall–Kier alpha value is -0.660. The Labute approximate surface area is 188 Å². The minimum atomic E-state index is 0.380. The van der Waals surface area contributed by atoms with Crippen molar-refractivity contribution in [2.45, 2.75) is 107 Å². The topological polar surface area (TPSA) is 24.7 Å². The number of nitrogens with zero attached hydrogens (tertiary/aromatic N) is 2. The van der Waals surface area contributed by atoms with Gasteiger partial charge in [0.05, 0.1) is 12.1 Å². The molecule has 2 nitrogen and oxygen atoms in total. The summed E-state index contributed by atoms with van der Waals surface area (Å²) in [6, 6.07) is 0.788. The average molecular weight is 417 g/mol. The fourth-order valence-electron chi connectivity index (χ4n) is 6.54. The highest BCUT2D eigenvalue weighted by Gasteiger charge is 2.43. The molecule has 2 aliphatic carbocycles. The lowest BCUT2D eigenvalue weighted by atomic mass is 9.64. The van der Waals surface area contributed by atoms with Gasteiger partial charge in [-0.25, -0.2) is 0 Å². The van der Waals surface area contributed by atoms with Crippen molar-refractivity contribution in [2.24, 2.45) is 69.4 Å². The molecule has 2 rings (SSSR count). The number of azo groups is 1. The van der Waals surface area contributed by atoms with Crippen molar-refractivity contribution in [1.29, 1.82) is 0 Å². The van der Waals surface area contributed by atoms with Gasteiger partial charge in [0.1, 0.15) is 0 Å². The summed E-state index contributed by atoms with van der Waals surface area (Å²) in [7, 11) is 0. The third-order valence-electron chi connectivity index (χ3n) is 8.78. The van der Waals surface area contributed by atoms with Crippen LogP contribution in [0, 0.1) is 59.2 Å². The highest BCUT2D eigenvalue weighted by Crippen LogP contribution is 2.46. The summed E-state index contributed by atoms with van der Waals surface area (Å²) < 4.78 is 0. The van der Waals surface area contributed by atoms with Crippen molar-refractivity contribution in [2.75, 3.05) is 0 Å². The molecule has 0 aromatic carbocycles. The van der Waals surface area contributed by atoms with E-state index >= 15 is 0 Å². The molecular weight excluding hydrogens is 364 g/mol. The molecule has 30 heavy (non-hydrogen) atoms. The van der Waals surface area contributed by atoms with E-state index in [0.717, 1.165) is 5.92 Å². The van der Waals surface area contributed by atoms with Crippen molar-refractivity contribution in [3.05, 3.63) is 12.7 Å². The maximum atomic E-state index is 5.30. The molecule has 2 aliphatic rings. The molecule has 4 unspecified atom stereocenters. The maximum Gasteiger partial charge on any atom is 0.0769 e. The smallest absolute Gasteiger partial charge is 0.0769 e. The van der Waals surface area contributed by atoms with E-state index in [0.29, 0.717) is 65.3 Å². The first kappa shape index (κ1) is 25.6. The Morgan fingerprint density at radius 3 is 1.27 bits per heavy atom. The molecule has 0 aromatic rings. The van der Waals surface area contributed by atoms with Gasteiger partial charge in [-0.1, -0.05) is 74.8 Å². The van der Waals surface area contributed by atoms with Gasteiger partial charge in [-0.15, -0.1) is 6.58 Å². The number of allylic oxidation sites excluding steroid dienone is 1. The van der Waals surface area contributed by atoms with Crippen LogP contribution in [0.4, 0.5) is 0 Å². The first-order chi connectivity index (χ1) is 14.1. The van der Waals surface area contributed by atoms with Gasteiger partial charge in [-0.05, 0) is 84.9 Å². The van der Waals surface area contributed by atoms with Crippen LogP contribution in [0.3, 0.4) is 0 Å². The van der Waals surface area contributed by atoms with Crippen molar-refractivity contribution < 1.29 is 0 Å². The SMILES string of the molecule is C=CC1CC(C(C)C)C(N=NC2C(C(C)C)CC(CC)CC2C(C)C)C(C(C)C)C1. The standard InChI is InChI=1S/C28H52N2/c1-11-21-13-23(17(3)4)27(24(14-21)18(5)6)29-30-28-25(19(7)8)15-22(12-2)16-26(28)20(9)10/h11,17-28H,1,12-16H2,2-10H3. The molecule has 0 heterocycles. The summed E-state index contributed by atoms with van der Waals surface area (Å²) in [6.07, 6.45) is 8.66. The number of rotatable bonds is 8. The molecule has 4 atom stereocenters. The van der Waals surface area contributed by atoms with Crippen LogP contribution in [0.25, 0.3) is 0 Å². The van der Waals surface area contributed by atoms with E-state index in [1.807, 2.05) is 0 Å². The molecule has 2 fully saturated rings. The summed E-state index contributed by atoms with van der Waals surface area (Å²) in [5.74, 6) is 6.78. The van der Waals surface area contributed by atoms with E-state index in [-0.39, 0.29) is 0 Å². The second kappa shape index (κ2) is 11.3. The Morgan fingerprint density at radius 2 is 1.00 bits per heavy atom. The Bertz CT molecular complexity index is 511. The fourth-order valence-corrected chi connectivity index (χ4v) is 6.54. The van der Waals surface area contributed by atoms with Gasteiger partial charge in [-0.2, -0.15) is 10.2 Å². The van der Waals surface area contributed by atoms with E-state index < -0.39 is 0 Å². The Kier molecular flexibility index (Phi) is 9.62. The normalized spacial score (nSPS) is 38.3. The van der Waals surface area contributed by atoms with E-state index in [9.17, 15) is 0 Å². The lowest BCUT2D eigenvalue weighted by Crippen LogP contribution is -2.42. The summed E-state index contributed by atoms with van der Waals surface area (Å²) in [5.41, 5.74) is 0. The average Bonchev–Trinajstić information content (AvgIpc) is 2.70. The zero-order valence-electron chi connectivity index (χ0n) is 21.6. The van der Waals surface area contributed by atoms with Gasteiger partial charge in [0, 0.05) is 0 Å². The lowest BCUT2D eigenvalue weighted by molar-refractivity contribution is 0.0801. The Morgan fingerprint density at radius 1 is 0.667 bits per heavy atom. The van der Waals surface area contributed by atoms with E-state index in [4.69, 9.17) is 10.2 Å². The largest absolute Gasteiger partial charge is 0.190 e. The molecule has 0 amide bonds. The molecule has 174 valence electrons. The number of hydrogen-bond acceptors (Lipinski definition) is 2. The molecule has 0 bridgehead atoms. The second-order valence-electron chi connectivity index (χ2n) is 12.1. The van der Waals surface area contributed by atoms with Gasteiger partial charge in [0.25, 0.3) is 0 Å². The quantitative estimate of drug-likeness (QED) is 0.279. The van der Waals surface area contributed by atoms with Crippen molar-refractivity contribution >= 4 is 0 Å². The van der Waals surface area contributed by atoms with Crippen LogP contribution in [-0.2, 0) is 0 Å². The van der Waals surface area contributed by atoms with E-state index in [1.54, 1.807) is 0 Å². The summed E-state index contributed by atoms with van der Waals surface area (Å²) in [4.78, 5) is 0. The van der Waals surface area contributed by atoms with Crippen LogP contribution < -0.4 is 0 Å². The molecule has 0 aromatic heterocycles. The molecule has 2 heteroatoms. The molecule has 0 radical (unpaired) electrons. The zero-order valence-corrected chi connectivity index (χ0v) is 21.6. The molecule has 0 N–H and O–H groups in total. The van der Waals surface area contributed by atoms with Crippen LogP contribution in [0.15, 0.2) is 22.9 Å². The first-order valence-corrected chi connectivity index (χ1v) is 13.1. The van der Waals surface area contributed by atoms with Gasteiger partial charge in [-0.3, -0.25) is 0 Å². The lowest BCUT2D eigenvalue weighted by Gasteiger charge is -2.45. The second-order valence-corrected chi connectivity index (χ2v) is 12.1. The zero-order chi connectivity index (χ0) is 22.6. The summed E-state index contributed by atoms with van der Waals surface area (Å²) in [6.45, 7) is 25.7. The molecule has 0 aliphatic heterocycles. The number of hydrogen-bond donors (Lipinski definition) is 0. The molecule has 0 saturated heterocycles. The maximum absolute atomic E-state index is 5.30.